The summed E-state index contributed by atoms with van der Waals surface area (Å²) in [6, 6.07) is 1.54. The number of hydrogen-bond donors (Lipinski definition) is 6. The molecule has 1 aliphatic heterocycles. The zero-order valence-electron chi connectivity index (χ0n) is 17.2. The van der Waals surface area contributed by atoms with Crippen LogP contribution in [0.3, 0.4) is 0 Å². The highest BCUT2D eigenvalue weighted by Gasteiger charge is 2.43. The van der Waals surface area contributed by atoms with E-state index in [1.165, 1.54) is 29.4 Å². The fourth-order valence-electron chi connectivity index (χ4n) is 3.46. The number of aliphatic hydroxyl groups is 2. The number of hydrogen-bond acceptors (Lipinski definition) is 12. The van der Waals surface area contributed by atoms with E-state index in [2.05, 4.69) is 20.3 Å². The number of rotatable bonds is 6. The first-order valence-electron chi connectivity index (χ1n) is 9.79. The molecule has 0 radical (unpaired) electrons. The number of carbonyl (C=O) groups excluding carboxylic acids is 1. The number of nitrogens with two attached hydrogens (primary N) is 1. The Morgan fingerprint density at radius 3 is 2.76 bits per heavy atom. The number of nitrogens with one attached hydrogen (secondary N) is 1. The van der Waals surface area contributed by atoms with E-state index >= 15 is 0 Å². The summed E-state index contributed by atoms with van der Waals surface area (Å²) in [5.41, 5.74) is 5.32. The molecule has 0 unspecified atom stereocenters. The maximum absolute atomic E-state index is 12.3. The first-order valence-corrected chi connectivity index (χ1v) is 9.79. The molecule has 0 spiro atoms. The van der Waals surface area contributed by atoms with Gasteiger partial charge in [-0.1, -0.05) is 12.2 Å². The standard InChI is InChI=1S/C19H19N7O8/c20-16-12-17(23-6-22-16)25(7-24-12)19-15(30)14(29)11(34-19)2-1-3-21-18(31)9-4-8(26(32)33)5-10(27)13(9)28/h1-2,4-7,11,14-15,19,27-30H,3H2,(H,21,31)(H2,20,22,23)/b2-1+/t11-,14-,15+,19+/m0/s1. The van der Waals surface area contributed by atoms with Crippen molar-refractivity contribution >= 4 is 28.6 Å². The third-order valence-corrected chi connectivity index (χ3v) is 5.17. The summed E-state index contributed by atoms with van der Waals surface area (Å²) in [5, 5.41) is 53.5. The zero-order chi connectivity index (χ0) is 24.6. The van der Waals surface area contributed by atoms with Gasteiger partial charge in [0.05, 0.1) is 22.9 Å². The molecule has 178 valence electrons. The van der Waals surface area contributed by atoms with Crippen molar-refractivity contribution in [2.45, 2.75) is 24.5 Å². The smallest absolute Gasteiger partial charge is 0.274 e. The van der Waals surface area contributed by atoms with Gasteiger partial charge in [0.2, 0.25) is 0 Å². The molecule has 1 amide bonds. The number of nitrogens with zero attached hydrogens (tertiary/aromatic N) is 5. The molecule has 4 atom stereocenters. The second-order valence-corrected chi connectivity index (χ2v) is 7.31. The van der Waals surface area contributed by atoms with Crippen LogP contribution in [0.25, 0.3) is 11.2 Å². The van der Waals surface area contributed by atoms with Crippen molar-refractivity contribution in [1.82, 2.24) is 24.8 Å². The summed E-state index contributed by atoms with van der Waals surface area (Å²) in [7, 11) is 0. The van der Waals surface area contributed by atoms with Crippen LogP contribution in [-0.4, -0.2) is 75.6 Å². The van der Waals surface area contributed by atoms with Gasteiger partial charge in [0.25, 0.3) is 11.6 Å². The molecule has 0 bridgehead atoms. The maximum Gasteiger partial charge on any atom is 0.274 e. The van der Waals surface area contributed by atoms with E-state index < -0.39 is 58.1 Å². The summed E-state index contributed by atoms with van der Waals surface area (Å²) < 4.78 is 7.13. The van der Waals surface area contributed by atoms with Crippen LogP contribution in [-0.2, 0) is 4.74 Å². The van der Waals surface area contributed by atoms with E-state index in [-0.39, 0.29) is 12.4 Å². The molecule has 4 rings (SSSR count). The van der Waals surface area contributed by atoms with Crippen LogP contribution >= 0.6 is 0 Å². The van der Waals surface area contributed by atoms with Crippen LogP contribution in [0, 0.1) is 10.1 Å². The fourth-order valence-corrected chi connectivity index (χ4v) is 3.46. The highest BCUT2D eigenvalue weighted by atomic mass is 16.6. The number of nitrogen functional groups attached to an aromatic ring is 1. The molecule has 1 aromatic carbocycles. The van der Waals surface area contributed by atoms with Gasteiger partial charge in [-0.05, 0) is 0 Å². The van der Waals surface area contributed by atoms with Gasteiger partial charge in [-0.3, -0.25) is 19.5 Å². The number of phenols is 2. The van der Waals surface area contributed by atoms with Crippen molar-refractivity contribution < 1.29 is 34.9 Å². The third-order valence-electron chi connectivity index (χ3n) is 5.17. The van der Waals surface area contributed by atoms with Gasteiger partial charge in [-0.2, -0.15) is 0 Å². The lowest BCUT2D eigenvalue weighted by Crippen LogP contribution is -2.31. The minimum absolute atomic E-state index is 0.118. The Morgan fingerprint density at radius 1 is 1.26 bits per heavy atom. The summed E-state index contributed by atoms with van der Waals surface area (Å²) >= 11 is 0. The normalized spacial score (nSPS) is 22.4. The number of amides is 1. The molecular weight excluding hydrogens is 454 g/mol. The van der Waals surface area contributed by atoms with Crippen molar-refractivity contribution in [2.24, 2.45) is 0 Å². The van der Waals surface area contributed by atoms with Crippen LogP contribution in [0.4, 0.5) is 11.5 Å². The third kappa shape index (κ3) is 4.05. The van der Waals surface area contributed by atoms with Gasteiger partial charge < -0.3 is 36.2 Å². The molecule has 34 heavy (non-hydrogen) atoms. The molecule has 3 aromatic rings. The minimum atomic E-state index is -1.33. The molecule has 1 saturated heterocycles. The number of carbonyl (C=O) groups is 1. The highest BCUT2D eigenvalue weighted by Crippen LogP contribution is 2.34. The Morgan fingerprint density at radius 2 is 2.03 bits per heavy atom. The maximum atomic E-state index is 12.3. The van der Waals surface area contributed by atoms with Gasteiger partial charge in [-0.25, -0.2) is 15.0 Å². The van der Waals surface area contributed by atoms with Crippen molar-refractivity contribution in [3.8, 4) is 11.5 Å². The molecule has 15 heteroatoms. The Balaban J connectivity index is 1.42. The van der Waals surface area contributed by atoms with Crippen LogP contribution in [0.5, 0.6) is 11.5 Å². The van der Waals surface area contributed by atoms with E-state index in [0.717, 1.165) is 12.1 Å². The summed E-state index contributed by atoms with van der Waals surface area (Å²) in [5.74, 6) is -2.35. The Kier molecular flexibility index (Phi) is 5.97. The highest BCUT2D eigenvalue weighted by molar-refractivity contribution is 5.98. The van der Waals surface area contributed by atoms with Crippen LogP contribution < -0.4 is 11.1 Å². The molecule has 0 saturated carbocycles. The first-order chi connectivity index (χ1) is 16.2. The van der Waals surface area contributed by atoms with E-state index in [9.17, 15) is 35.3 Å². The molecule has 3 heterocycles. The predicted octanol–water partition coefficient (Wildman–Crippen LogP) is -0.667. The number of nitro groups is 1. The lowest BCUT2D eigenvalue weighted by Gasteiger charge is -2.16. The SMILES string of the molecule is Nc1ncnc2c1ncn2[C@@H]1O[C@@H](/C=C/CNC(=O)c2cc([N+](=O)[O-])cc(O)c2O)[C@H](O)[C@H]1O. The van der Waals surface area contributed by atoms with E-state index in [0.29, 0.717) is 11.2 Å². The minimum Gasteiger partial charge on any atom is -0.504 e. The molecule has 2 aromatic heterocycles. The summed E-state index contributed by atoms with van der Waals surface area (Å²) in [6.07, 6.45) is 0.778. The van der Waals surface area contributed by atoms with Gasteiger partial charge in [-0.15, -0.1) is 0 Å². The molecule has 7 N–H and O–H groups in total. The quantitative estimate of drug-likeness (QED) is 0.113. The largest absolute Gasteiger partial charge is 0.504 e. The topological polar surface area (TPSA) is 232 Å². The van der Waals surface area contributed by atoms with E-state index in [1.807, 2.05) is 0 Å². The number of aromatic hydroxyl groups is 2. The van der Waals surface area contributed by atoms with Gasteiger partial charge in [0, 0.05) is 12.6 Å². The summed E-state index contributed by atoms with van der Waals surface area (Å²) in [4.78, 5) is 34.4. The van der Waals surface area contributed by atoms with E-state index in [4.69, 9.17) is 10.5 Å². The number of nitro benzene ring substituents is 1. The van der Waals surface area contributed by atoms with Crippen LogP contribution in [0.15, 0.2) is 36.9 Å². The number of aromatic nitrogens is 4. The Bertz CT molecular complexity index is 1290. The van der Waals surface area contributed by atoms with Crippen molar-refractivity contribution in [1.29, 1.82) is 0 Å². The van der Waals surface area contributed by atoms with Crippen molar-refractivity contribution in [3.05, 3.63) is 52.6 Å². The molecule has 1 fully saturated rings. The molecule has 1 aliphatic rings. The van der Waals surface area contributed by atoms with Gasteiger partial charge in [0.15, 0.2) is 29.2 Å². The average molecular weight is 473 g/mol. The number of non-ortho nitro benzene ring substituents is 1. The van der Waals surface area contributed by atoms with Crippen molar-refractivity contribution in [3.63, 3.8) is 0 Å². The lowest BCUT2D eigenvalue weighted by molar-refractivity contribution is -0.385. The zero-order valence-corrected chi connectivity index (χ0v) is 17.2. The average Bonchev–Trinajstić information content (AvgIpc) is 3.35. The second-order valence-electron chi connectivity index (χ2n) is 7.31. The predicted molar refractivity (Wildman–Crippen MR) is 114 cm³/mol. The second kappa shape index (κ2) is 8.89. The number of benzene rings is 1. The van der Waals surface area contributed by atoms with E-state index in [1.54, 1.807) is 0 Å². The van der Waals surface area contributed by atoms with Crippen molar-refractivity contribution in [2.75, 3.05) is 12.3 Å². The molecular formula is C19H19N7O8. The number of phenolic OH excluding ortho intramolecular Hbond substituents is 2. The lowest BCUT2D eigenvalue weighted by atomic mass is 10.1. The number of fused-ring (bicyclic) bond motifs is 1. The number of anilines is 1. The Labute approximate surface area is 189 Å². The summed E-state index contributed by atoms with van der Waals surface area (Å²) in [6.45, 7) is -0.118. The first kappa shape index (κ1) is 22.8. The number of aliphatic hydroxyl groups excluding tert-OH is 2. The molecule has 0 aliphatic carbocycles. The van der Waals surface area contributed by atoms with Gasteiger partial charge in [0.1, 0.15) is 30.2 Å². The van der Waals surface area contributed by atoms with Crippen LogP contribution in [0.1, 0.15) is 16.6 Å². The number of ether oxygens (including phenoxy) is 1. The fraction of sp³-hybridized carbons (Fsp3) is 0.263. The Hall–Kier alpha value is -4.34. The number of imidazole rings is 1. The molecule has 15 nitrogen and oxygen atoms in total. The van der Waals surface area contributed by atoms with Gasteiger partial charge >= 0.3 is 0 Å². The van der Waals surface area contributed by atoms with Crippen LogP contribution in [0.2, 0.25) is 0 Å². The monoisotopic (exact) mass is 473 g/mol.